The number of rotatable bonds is 4. The van der Waals surface area contributed by atoms with Crippen molar-refractivity contribution in [2.45, 2.75) is 45.6 Å². The maximum atomic E-state index is 10.7. The van der Waals surface area contributed by atoms with Crippen LogP contribution in [0.15, 0.2) is 0 Å². The van der Waals surface area contributed by atoms with Crippen LogP contribution in [0, 0.1) is 5.92 Å². The second kappa shape index (κ2) is 5.85. The molecule has 4 heteroatoms. The summed E-state index contributed by atoms with van der Waals surface area (Å²) in [6.45, 7) is 6.24. The van der Waals surface area contributed by atoms with E-state index in [0.29, 0.717) is 5.92 Å². The van der Waals surface area contributed by atoms with Crippen molar-refractivity contribution in [2.75, 3.05) is 13.1 Å². The Kier molecular flexibility index (Phi) is 4.40. The Labute approximate surface area is 109 Å². The third-order valence-corrected chi connectivity index (χ3v) is 4.03. The molecule has 0 aromatic carbocycles. The monoisotopic (exact) mass is 251 g/mol. The fourth-order valence-electron chi connectivity index (χ4n) is 3.04. The summed E-state index contributed by atoms with van der Waals surface area (Å²) in [6.07, 6.45) is 3.72. The summed E-state index contributed by atoms with van der Waals surface area (Å²) in [7, 11) is 1.98. The highest BCUT2D eigenvalue weighted by Crippen LogP contribution is 2.32. The molecule has 0 radical (unpaired) electrons. The Balaban J connectivity index is 2.29. The Bertz CT molecular complexity index is 394. The van der Waals surface area contributed by atoms with Gasteiger partial charge in [0.05, 0.1) is 11.8 Å². The van der Waals surface area contributed by atoms with Gasteiger partial charge in [-0.05, 0) is 32.2 Å². The molecular formula is C14H25N3O. The molecular weight excluding hydrogens is 226 g/mol. The van der Waals surface area contributed by atoms with E-state index in [1.165, 1.54) is 5.69 Å². The van der Waals surface area contributed by atoms with Crippen LogP contribution < -0.4 is 5.32 Å². The maximum Gasteiger partial charge on any atom is 0.0866 e. The van der Waals surface area contributed by atoms with Crippen molar-refractivity contribution in [2.24, 2.45) is 13.0 Å². The van der Waals surface area contributed by atoms with Gasteiger partial charge in [-0.2, -0.15) is 5.10 Å². The SMILES string of the molecule is CCc1nn(C)c(CC)c1C(O)C1CCCNC1. The number of aliphatic hydroxyl groups excluding tert-OH is 1. The van der Waals surface area contributed by atoms with E-state index < -0.39 is 0 Å². The van der Waals surface area contributed by atoms with Gasteiger partial charge in [-0.3, -0.25) is 4.68 Å². The zero-order chi connectivity index (χ0) is 13.1. The molecule has 2 rings (SSSR count). The first-order valence-electron chi connectivity index (χ1n) is 7.12. The van der Waals surface area contributed by atoms with E-state index in [0.717, 1.165) is 50.0 Å². The van der Waals surface area contributed by atoms with Gasteiger partial charge in [0, 0.05) is 30.8 Å². The molecule has 0 spiro atoms. The van der Waals surface area contributed by atoms with Crippen LogP contribution in [0.1, 0.15) is 49.7 Å². The van der Waals surface area contributed by atoms with Crippen molar-refractivity contribution in [3.05, 3.63) is 17.0 Å². The van der Waals surface area contributed by atoms with Crippen molar-refractivity contribution >= 4 is 0 Å². The fraction of sp³-hybridized carbons (Fsp3) is 0.786. The highest BCUT2D eigenvalue weighted by atomic mass is 16.3. The smallest absolute Gasteiger partial charge is 0.0866 e. The van der Waals surface area contributed by atoms with E-state index in [1.54, 1.807) is 0 Å². The third kappa shape index (κ3) is 2.45. The molecule has 2 unspecified atom stereocenters. The molecule has 4 nitrogen and oxygen atoms in total. The second-order valence-corrected chi connectivity index (χ2v) is 5.19. The molecule has 1 saturated heterocycles. The Morgan fingerprint density at radius 2 is 2.22 bits per heavy atom. The first-order chi connectivity index (χ1) is 8.69. The molecule has 0 amide bonds. The third-order valence-electron chi connectivity index (χ3n) is 4.03. The Hall–Kier alpha value is -0.870. The van der Waals surface area contributed by atoms with E-state index in [1.807, 2.05) is 11.7 Å². The van der Waals surface area contributed by atoms with E-state index >= 15 is 0 Å². The van der Waals surface area contributed by atoms with Gasteiger partial charge in [0.25, 0.3) is 0 Å². The van der Waals surface area contributed by atoms with Gasteiger partial charge in [-0.1, -0.05) is 13.8 Å². The van der Waals surface area contributed by atoms with Crippen LogP contribution in [0.3, 0.4) is 0 Å². The van der Waals surface area contributed by atoms with Crippen molar-refractivity contribution < 1.29 is 5.11 Å². The lowest BCUT2D eigenvalue weighted by molar-refractivity contribution is 0.0905. The Morgan fingerprint density at radius 1 is 1.44 bits per heavy atom. The number of nitrogens with zero attached hydrogens (tertiary/aromatic N) is 2. The summed E-state index contributed by atoms with van der Waals surface area (Å²) in [5.41, 5.74) is 3.34. The lowest BCUT2D eigenvalue weighted by atomic mass is 9.87. The van der Waals surface area contributed by atoms with Gasteiger partial charge >= 0.3 is 0 Å². The second-order valence-electron chi connectivity index (χ2n) is 5.19. The first kappa shape index (κ1) is 13.6. The first-order valence-corrected chi connectivity index (χ1v) is 7.12. The van der Waals surface area contributed by atoms with Crippen LogP contribution in [0.25, 0.3) is 0 Å². The van der Waals surface area contributed by atoms with Crippen LogP contribution in [0.2, 0.25) is 0 Å². The summed E-state index contributed by atoms with van der Waals surface area (Å²) >= 11 is 0. The van der Waals surface area contributed by atoms with Gasteiger partial charge in [0.2, 0.25) is 0 Å². The minimum atomic E-state index is -0.364. The molecule has 2 N–H and O–H groups in total. The predicted octanol–water partition coefficient (Wildman–Crippen LogP) is 1.58. The summed E-state index contributed by atoms with van der Waals surface area (Å²) in [5.74, 6) is 0.332. The molecule has 0 aliphatic carbocycles. The molecule has 102 valence electrons. The summed E-state index contributed by atoms with van der Waals surface area (Å²) in [6, 6.07) is 0. The molecule has 1 aliphatic rings. The molecule has 18 heavy (non-hydrogen) atoms. The fourth-order valence-corrected chi connectivity index (χ4v) is 3.04. The summed E-state index contributed by atoms with van der Waals surface area (Å²) in [4.78, 5) is 0. The van der Waals surface area contributed by atoms with Gasteiger partial charge < -0.3 is 10.4 Å². The highest BCUT2D eigenvalue weighted by molar-refractivity contribution is 5.29. The van der Waals surface area contributed by atoms with Crippen LogP contribution in [0.4, 0.5) is 0 Å². The van der Waals surface area contributed by atoms with E-state index in [9.17, 15) is 5.11 Å². The van der Waals surface area contributed by atoms with Gasteiger partial charge in [0.15, 0.2) is 0 Å². The number of nitrogens with one attached hydrogen (secondary N) is 1. The molecule has 2 heterocycles. The Morgan fingerprint density at radius 3 is 2.78 bits per heavy atom. The van der Waals surface area contributed by atoms with Crippen molar-refractivity contribution in [3.8, 4) is 0 Å². The van der Waals surface area contributed by atoms with Crippen LogP contribution in [0.5, 0.6) is 0 Å². The molecule has 2 atom stereocenters. The van der Waals surface area contributed by atoms with Crippen LogP contribution >= 0.6 is 0 Å². The van der Waals surface area contributed by atoms with E-state index in [4.69, 9.17) is 0 Å². The van der Waals surface area contributed by atoms with Gasteiger partial charge in [-0.15, -0.1) is 0 Å². The molecule has 1 aliphatic heterocycles. The molecule has 1 aromatic heterocycles. The van der Waals surface area contributed by atoms with E-state index in [2.05, 4.69) is 24.3 Å². The average molecular weight is 251 g/mol. The zero-order valence-electron chi connectivity index (χ0n) is 11.7. The summed E-state index contributed by atoms with van der Waals surface area (Å²) < 4.78 is 1.94. The number of hydrogen-bond donors (Lipinski definition) is 2. The topological polar surface area (TPSA) is 50.1 Å². The number of aryl methyl sites for hydroxylation is 2. The largest absolute Gasteiger partial charge is 0.388 e. The minimum absolute atomic E-state index is 0.332. The lowest BCUT2D eigenvalue weighted by Gasteiger charge is -2.28. The predicted molar refractivity (Wildman–Crippen MR) is 72.5 cm³/mol. The average Bonchev–Trinajstić information content (AvgIpc) is 2.74. The van der Waals surface area contributed by atoms with Crippen LogP contribution in [-0.2, 0) is 19.9 Å². The normalized spacial score (nSPS) is 22.1. The number of aliphatic hydroxyl groups is 1. The minimum Gasteiger partial charge on any atom is -0.388 e. The van der Waals surface area contributed by atoms with Gasteiger partial charge in [0.1, 0.15) is 0 Å². The number of aromatic nitrogens is 2. The van der Waals surface area contributed by atoms with Crippen LogP contribution in [-0.4, -0.2) is 28.0 Å². The highest BCUT2D eigenvalue weighted by Gasteiger charge is 2.28. The van der Waals surface area contributed by atoms with Crippen molar-refractivity contribution in [1.82, 2.24) is 15.1 Å². The zero-order valence-corrected chi connectivity index (χ0v) is 11.7. The van der Waals surface area contributed by atoms with Gasteiger partial charge in [-0.25, -0.2) is 0 Å². The number of piperidine rings is 1. The van der Waals surface area contributed by atoms with Crippen molar-refractivity contribution in [1.29, 1.82) is 0 Å². The van der Waals surface area contributed by atoms with Crippen molar-refractivity contribution in [3.63, 3.8) is 0 Å². The molecule has 0 bridgehead atoms. The molecule has 1 aromatic rings. The number of hydrogen-bond acceptors (Lipinski definition) is 3. The standard InChI is InChI=1S/C14H25N3O/c1-4-11-13(12(5-2)17(3)16-11)14(18)10-7-6-8-15-9-10/h10,14-15,18H,4-9H2,1-3H3. The molecule has 1 fully saturated rings. The van der Waals surface area contributed by atoms with E-state index in [-0.39, 0.29) is 6.10 Å². The lowest BCUT2D eigenvalue weighted by Crippen LogP contribution is -2.33. The molecule has 0 saturated carbocycles. The maximum absolute atomic E-state index is 10.7. The quantitative estimate of drug-likeness (QED) is 0.854. The summed E-state index contributed by atoms with van der Waals surface area (Å²) in [5, 5.41) is 18.6.